The summed E-state index contributed by atoms with van der Waals surface area (Å²) in [7, 11) is 1.63. The lowest BCUT2D eigenvalue weighted by atomic mass is 9.85. The first-order chi connectivity index (χ1) is 14.6. The topological polar surface area (TPSA) is 79.9 Å². The van der Waals surface area contributed by atoms with Crippen LogP contribution in [0.2, 0.25) is 5.02 Å². The van der Waals surface area contributed by atoms with Gasteiger partial charge < -0.3 is 14.6 Å². The van der Waals surface area contributed by atoms with Gasteiger partial charge in [-0.2, -0.15) is 5.26 Å². The Bertz CT molecular complexity index is 1120. The van der Waals surface area contributed by atoms with Crippen molar-refractivity contribution in [2.75, 3.05) is 13.7 Å². The molecule has 30 heavy (non-hydrogen) atoms. The van der Waals surface area contributed by atoms with Crippen molar-refractivity contribution in [2.45, 2.75) is 24.8 Å². The summed E-state index contributed by atoms with van der Waals surface area (Å²) >= 11 is 6.54. The highest BCUT2D eigenvalue weighted by molar-refractivity contribution is 6.32. The average Bonchev–Trinajstić information content (AvgIpc) is 3.37. The Labute approximate surface area is 180 Å². The zero-order chi connectivity index (χ0) is 21.1. The standard InChI is InChI=1S/C23H21ClN4O2/c1-30-19-5-2-16(3-6-19)9-11-27-22(29)23(10-8-18-14-26-15-28(18)23)20-7-4-17(13-25)12-21(20)24/h2-7,12,14-15H,8-11H2,1H3,(H,27,29). The maximum Gasteiger partial charge on any atom is 0.251 e. The average molecular weight is 421 g/mol. The second-order valence-electron chi connectivity index (χ2n) is 7.28. The minimum absolute atomic E-state index is 0.126. The highest BCUT2D eigenvalue weighted by atomic mass is 35.5. The summed E-state index contributed by atoms with van der Waals surface area (Å²) < 4.78 is 7.09. The van der Waals surface area contributed by atoms with Gasteiger partial charge in [-0.3, -0.25) is 4.79 Å². The van der Waals surface area contributed by atoms with Crippen molar-refractivity contribution in [3.63, 3.8) is 0 Å². The molecule has 1 aliphatic rings. The Kier molecular flexibility index (Phi) is 5.47. The van der Waals surface area contributed by atoms with Gasteiger partial charge in [-0.25, -0.2) is 4.98 Å². The number of amides is 1. The molecule has 1 aliphatic heterocycles. The smallest absolute Gasteiger partial charge is 0.251 e. The van der Waals surface area contributed by atoms with Crippen molar-refractivity contribution in [3.05, 3.63) is 82.4 Å². The molecule has 0 bridgehead atoms. The number of carbonyl (C=O) groups excluding carboxylic acids is 1. The molecule has 1 atom stereocenters. The summed E-state index contributed by atoms with van der Waals surface area (Å²) in [5, 5.41) is 12.7. The fourth-order valence-corrected chi connectivity index (χ4v) is 4.41. The van der Waals surface area contributed by atoms with E-state index in [-0.39, 0.29) is 5.91 Å². The molecule has 1 unspecified atom stereocenters. The minimum atomic E-state index is -0.975. The summed E-state index contributed by atoms with van der Waals surface area (Å²) in [5.74, 6) is 0.676. The molecule has 0 fully saturated rings. The van der Waals surface area contributed by atoms with E-state index >= 15 is 0 Å². The van der Waals surface area contributed by atoms with E-state index < -0.39 is 5.54 Å². The van der Waals surface area contributed by atoms with Crippen LogP contribution in [0.5, 0.6) is 5.75 Å². The Hall–Kier alpha value is -3.30. The lowest BCUT2D eigenvalue weighted by Crippen LogP contribution is -2.48. The molecule has 2 heterocycles. The van der Waals surface area contributed by atoms with E-state index in [1.165, 1.54) is 0 Å². The summed E-state index contributed by atoms with van der Waals surface area (Å²) in [5.41, 5.74) is 2.26. The van der Waals surface area contributed by atoms with Crippen LogP contribution in [0, 0.1) is 11.3 Å². The molecular formula is C23H21ClN4O2. The highest BCUT2D eigenvalue weighted by Crippen LogP contribution is 2.41. The summed E-state index contributed by atoms with van der Waals surface area (Å²) in [6.07, 6.45) is 5.47. The van der Waals surface area contributed by atoms with Gasteiger partial charge in [-0.15, -0.1) is 0 Å². The number of hydrogen-bond acceptors (Lipinski definition) is 4. The van der Waals surface area contributed by atoms with Crippen molar-refractivity contribution in [1.29, 1.82) is 5.26 Å². The largest absolute Gasteiger partial charge is 0.497 e. The summed E-state index contributed by atoms with van der Waals surface area (Å²) in [6, 6.07) is 15.0. The molecule has 0 spiro atoms. The summed E-state index contributed by atoms with van der Waals surface area (Å²) in [4.78, 5) is 17.8. The first-order valence-corrected chi connectivity index (χ1v) is 10.1. The quantitative estimate of drug-likeness (QED) is 0.662. The summed E-state index contributed by atoms with van der Waals surface area (Å²) in [6.45, 7) is 0.491. The third-order valence-corrected chi connectivity index (χ3v) is 5.96. The third-order valence-electron chi connectivity index (χ3n) is 5.65. The van der Waals surface area contributed by atoms with Crippen LogP contribution >= 0.6 is 11.6 Å². The number of ether oxygens (including phenoxy) is 1. The molecule has 0 saturated carbocycles. The highest BCUT2D eigenvalue weighted by Gasteiger charge is 2.47. The van der Waals surface area contributed by atoms with Gasteiger partial charge in [0.05, 0.1) is 25.1 Å². The number of nitrogens with one attached hydrogen (secondary N) is 1. The van der Waals surface area contributed by atoms with Gasteiger partial charge in [0.1, 0.15) is 5.75 Å². The van der Waals surface area contributed by atoms with E-state index in [0.29, 0.717) is 35.5 Å². The number of methoxy groups -OCH3 is 1. The van der Waals surface area contributed by atoms with Crippen LogP contribution < -0.4 is 10.1 Å². The van der Waals surface area contributed by atoms with E-state index in [0.717, 1.165) is 23.4 Å². The minimum Gasteiger partial charge on any atom is -0.497 e. The van der Waals surface area contributed by atoms with Crippen LogP contribution in [0.3, 0.4) is 0 Å². The van der Waals surface area contributed by atoms with Gasteiger partial charge in [0.25, 0.3) is 5.91 Å². The molecule has 0 radical (unpaired) electrons. The van der Waals surface area contributed by atoms with Crippen molar-refractivity contribution in [3.8, 4) is 11.8 Å². The van der Waals surface area contributed by atoms with Crippen LogP contribution in [0.15, 0.2) is 55.0 Å². The number of aromatic nitrogens is 2. The first-order valence-electron chi connectivity index (χ1n) is 9.71. The lowest BCUT2D eigenvalue weighted by molar-refractivity contribution is -0.127. The van der Waals surface area contributed by atoms with Gasteiger partial charge in [0, 0.05) is 29.0 Å². The van der Waals surface area contributed by atoms with Crippen molar-refractivity contribution >= 4 is 17.5 Å². The fraction of sp³-hybridized carbons (Fsp3) is 0.261. The van der Waals surface area contributed by atoms with Crippen LogP contribution in [0.1, 0.15) is 28.8 Å². The predicted molar refractivity (Wildman–Crippen MR) is 113 cm³/mol. The van der Waals surface area contributed by atoms with Crippen molar-refractivity contribution < 1.29 is 9.53 Å². The van der Waals surface area contributed by atoms with Crippen LogP contribution in [-0.2, 0) is 23.2 Å². The number of rotatable bonds is 6. The molecule has 152 valence electrons. The molecule has 3 aromatic rings. The van der Waals surface area contributed by atoms with Crippen molar-refractivity contribution in [2.24, 2.45) is 0 Å². The molecule has 0 aliphatic carbocycles. The number of benzene rings is 2. The number of carbonyl (C=O) groups is 1. The third kappa shape index (κ3) is 3.42. The maximum absolute atomic E-state index is 13.5. The predicted octanol–water partition coefficient (Wildman–Crippen LogP) is 3.47. The Balaban J connectivity index is 1.59. The van der Waals surface area contributed by atoms with E-state index in [4.69, 9.17) is 21.6 Å². The zero-order valence-corrected chi connectivity index (χ0v) is 17.3. The zero-order valence-electron chi connectivity index (χ0n) is 16.6. The Morgan fingerprint density at radius 2 is 2.13 bits per heavy atom. The Morgan fingerprint density at radius 3 is 2.83 bits per heavy atom. The van der Waals surface area contributed by atoms with Gasteiger partial charge in [0.2, 0.25) is 0 Å². The van der Waals surface area contributed by atoms with Crippen LogP contribution in [0.4, 0.5) is 0 Å². The molecule has 1 amide bonds. The van der Waals surface area contributed by atoms with Gasteiger partial charge in [-0.05, 0) is 49.1 Å². The number of hydrogen-bond donors (Lipinski definition) is 1. The van der Waals surface area contributed by atoms with Gasteiger partial charge in [0.15, 0.2) is 5.54 Å². The maximum atomic E-state index is 13.5. The molecule has 1 aromatic heterocycles. The van der Waals surface area contributed by atoms with Crippen LogP contribution in [0.25, 0.3) is 0 Å². The number of nitriles is 1. The number of fused-ring (bicyclic) bond motifs is 1. The lowest BCUT2D eigenvalue weighted by Gasteiger charge is -2.31. The normalized spacial score (nSPS) is 17.2. The SMILES string of the molecule is COc1ccc(CCNC(=O)C2(c3ccc(C#N)cc3Cl)CCc3cncn32)cc1. The molecule has 2 aromatic carbocycles. The van der Waals surface area contributed by atoms with Crippen molar-refractivity contribution in [1.82, 2.24) is 14.9 Å². The first kappa shape index (κ1) is 20.0. The fourth-order valence-electron chi connectivity index (χ4n) is 4.07. The number of imidazole rings is 1. The van der Waals surface area contributed by atoms with E-state index in [1.807, 2.05) is 28.8 Å². The van der Waals surface area contributed by atoms with Crippen LogP contribution in [-0.4, -0.2) is 29.1 Å². The molecule has 1 N–H and O–H groups in total. The number of nitrogens with zero attached hydrogens (tertiary/aromatic N) is 3. The van der Waals surface area contributed by atoms with Gasteiger partial charge in [-0.1, -0.05) is 29.8 Å². The van der Waals surface area contributed by atoms with E-state index in [9.17, 15) is 4.79 Å². The second kappa shape index (κ2) is 8.21. The monoisotopic (exact) mass is 420 g/mol. The number of aryl methyl sites for hydroxylation is 1. The molecule has 6 nitrogen and oxygen atoms in total. The van der Waals surface area contributed by atoms with Gasteiger partial charge >= 0.3 is 0 Å². The number of halogens is 1. The Morgan fingerprint density at radius 1 is 1.33 bits per heavy atom. The molecule has 7 heteroatoms. The van der Waals surface area contributed by atoms with E-state index in [1.54, 1.807) is 37.8 Å². The molecular weight excluding hydrogens is 400 g/mol. The van der Waals surface area contributed by atoms with E-state index in [2.05, 4.69) is 16.4 Å². The second-order valence-corrected chi connectivity index (χ2v) is 7.68. The molecule has 4 rings (SSSR count). The molecule has 0 saturated heterocycles.